The number of anilines is 3. The van der Waals surface area contributed by atoms with Crippen LogP contribution in [0.4, 0.5) is 17.1 Å². The van der Waals surface area contributed by atoms with Gasteiger partial charge in [0.25, 0.3) is 0 Å². The van der Waals surface area contributed by atoms with Crippen LogP contribution in [0.5, 0.6) is 0 Å². The first kappa shape index (κ1) is 31.8. The van der Waals surface area contributed by atoms with E-state index in [2.05, 4.69) is 208 Å². The first-order valence-electron chi connectivity index (χ1n) is 19.3. The van der Waals surface area contributed by atoms with E-state index in [0.29, 0.717) is 0 Å². The number of para-hydroxylation sites is 1. The lowest BCUT2D eigenvalue weighted by molar-refractivity contribution is 0.660. The van der Waals surface area contributed by atoms with Crippen molar-refractivity contribution >= 4 is 39.0 Å². The summed E-state index contributed by atoms with van der Waals surface area (Å²) in [5.41, 5.74) is 19.1. The molecule has 9 aromatic rings. The summed E-state index contributed by atoms with van der Waals surface area (Å²) in [6.07, 6.45) is 0. The third kappa shape index (κ3) is 4.55. The van der Waals surface area contributed by atoms with Gasteiger partial charge < -0.3 is 9.32 Å². The molecule has 0 unspecified atom stereocenters. The van der Waals surface area contributed by atoms with E-state index in [1.807, 2.05) is 0 Å². The molecule has 0 saturated carbocycles. The molecule has 0 fully saturated rings. The first-order valence-corrected chi connectivity index (χ1v) is 19.3. The summed E-state index contributed by atoms with van der Waals surface area (Å²) in [7, 11) is 0. The molecule has 2 aliphatic rings. The van der Waals surface area contributed by atoms with Gasteiger partial charge in [-0.25, -0.2) is 0 Å². The predicted octanol–water partition coefficient (Wildman–Crippen LogP) is 14.4. The van der Waals surface area contributed by atoms with Crippen LogP contribution in [0.15, 0.2) is 186 Å². The predicted molar refractivity (Wildman–Crippen MR) is 229 cm³/mol. The fourth-order valence-corrected chi connectivity index (χ4v) is 9.76. The molecule has 8 aromatic carbocycles. The van der Waals surface area contributed by atoms with Gasteiger partial charge in [0.1, 0.15) is 11.2 Å². The molecule has 0 radical (unpaired) electrons. The molecular formula is C53H39NO. The Labute approximate surface area is 322 Å². The molecule has 0 N–H and O–H groups in total. The Morgan fingerprint density at radius 2 is 1.00 bits per heavy atom. The standard InChI is InChI=1S/C53H39NO/c1-52(2)44-19-10-7-16-39(44)42-30-26-35(32-47(42)52)34-24-28-38(29-25-34)54(37-14-5-4-6-15-37)48-22-13-23-49-51(48)43-31-27-36(33-50(43)55-49)53(3)45-20-11-8-17-40(45)41-18-9-12-21-46(41)53/h4-33H,1-3H3. The highest BCUT2D eigenvalue weighted by atomic mass is 16.3. The molecular weight excluding hydrogens is 667 g/mol. The van der Waals surface area contributed by atoms with Crippen molar-refractivity contribution in [3.63, 3.8) is 0 Å². The van der Waals surface area contributed by atoms with Crippen LogP contribution in [-0.2, 0) is 10.8 Å². The van der Waals surface area contributed by atoms with Crippen molar-refractivity contribution in [2.75, 3.05) is 4.90 Å². The second kappa shape index (κ2) is 11.7. The highest BCUT2D eigenvalue weighted by molar-refractivity contribution is 6.13. The molecule has 55 heavy (non-hydrogen) atoms. The molecule has 0 atom stereocenters. The zero-order valence-electron chi connectivity index (χ0n) is 31.2. The van der Waals surface area contributed by atoms with Crippen LogP contribution in [0.25, 0.3) is 55.3 Å². The molecule has 2 aliphatic carbocycles. The highest BCUT2D eigenvalue weighted by Crippen LogP contribution is 2.54. The van der Waals surface area contributed by atoms with Crippen molar-refractivity contribution in [2.24, 2.45) is 0 Å². The minimum Gasteiger partial charge on any atom is -0.456 e. The van der Waals surface area contributed by atoms with E-state index in [1.54, 1.807) is 0 Å². The Bertz CT molecular complexity index is 2920. The van der Waals surface area contributed by atoms with Gasteiger partial charge in [0.2, 0.25) is 0 Å². The van der Waals surface area contributed by atoms with E-state index in [4.69, 9.17) is 4.42 Å². The van der Waals surface area contributed by atoms with Crippen molar-refractivity contribution in [1.29, 1.82) is 0 Å². The van der Waals surface area contributed by atoms with Crippen LogP contribution in [0.2, 0.25) is 0 Å². The highest BCUT2D eigenvalue weighted by Gasteiger charge is 2.41. The molecule has 2 heteroatoms. The van der Waals surface area contributed by atoms with E-state index in [9.17, 15) is 0 Å². The average molecular weight is 706 g/mol. The zero-order chi connectivity index (χ0) is 36.9. The average Bonchev–Trinajstić information content (AvgIpc) is 3.82. The van der Waals surface area contributed by atoms with Crippen molar-refractivity contribution in [3.05, 3.63) is 210 Å². The van der Waals surface area contributed by atoms with Crippen LogP contribution in [0.3, 0.4) is 0 Å². The van der Waals surface area contributed by atoms with Gasteiger partial charge in [0, 0.05) is 27.6 Å². The topological polar surface area (TPSA) is 16.4 Å². The van der Waals surface area contributed by atoms with Gasteiger partial charge in [-0.05, 0) is 117 Å². The number of benzene rings is 8. The Hall–Kier alpha value is -6.64. The smallest absolute Gasteiger partial charge is 0.137 e. The van der Waals surface area contributed by atoms with Gasteiger partial charge in [-0.2, -0.15) is 0 Å². The van der Waals surface area contributed by atoms with Crippen molar-refractivity contribution in [2.45, 2.75) is 31.6 Å². The van der Waals surface area contributed by atoms with E-state index < -0.39 is 0 Å². The van der Waals surface area contributed by atoms with Gasteiger partial charge in [0.15, 0.2) is 0 Å². The lowest BCUT2D eigenvalue weighted by Crippen LogP contribution is -2.22. The minimum absolute atomic E-state index is 0.0391. The van der Waals surface area contributed by atoms with E-state index in [1.165, 1.54) is 61.2 Å². The third-order valence-electron chi connectivity index (χ3n) is 12.6. The molecule has 1 aromatic heterocycles. The van der Waals surface area contributed by atoms with Crippen LogP contribution in [0, 0.1) is 0 Å². The second-order valence-corrected chi connectivity index (χ2v) is 15.8. The number of hydrogen-bond acceptors (Lipinski definition) is 2. The molecule has 2 nitrogen and oxygen atoms in total. The number of hydrogen-bond donors (Lipinski definition) is 0. The van der Waals surface area contributed by atoms with E-state index in [0.717, 1.165) is 39.0 Å². The largest absolute Gasteiger partial charge is 0.456 e. The van der Waals surface area contributed by atoms with Crippen molar-refractivity contribution in [1.82, 2.24) is 0 Å². The summed E-state index contributed by atoms with van der Waals surface area (Å²) in [4.78, 5) is 2.36. The van der Waals surface area contributed by atoms with Gasteiger partial charge in [-0.15, -0.1) is 0 Å². The van der Waals surface area contributed by atoms with E-state index in [-0.39, 0.29) is 10.8 Å². The van der Waals surface area contributed by atoms with E-state index >= 15 is 0 Å². The van der Waals surface area contributed by atoms with Crippen LogP contribution in [0.1, 0.15) is 48.6 Å². The molecule has 262 valence electrons. The number of fused-ring (bicyclic) bond motifs is 9. The van der Waals surface area contributed by atoms with Gasteiger partial charge in [-0.1, -0.05) is 147 Å². The Morgan fingerprint density at radius 1 is 0.418 bits per heavy atom. The van der Waals surface area contributed by atoms with Gasteiger partial charge >= 0.3 is 0 Å². The zero-order valence-corrected chi connectivity index (χ0v) is 31.2. The maximum Gasteiger partial charge on any atom is 0.137 e. The van der Waals surface area contributed by atoms with Crippen LogP contribution in [-0.4, -0.2) is 0 Å². The lowest BCUT2D eigenvalue weighted by Gasteiger charge is -2.28. The molecule has 0 bridgehead atoms. The fraction of sp³-hybridized carbons (Fsp3) is 0.0943. The van der Waals surface area contributed by atoms with Crippen molar-refractivity contribution < 1.29 is 4.42 Å². The minimum atomic E-state index is -0.292. The molecule has 0 aliphatic heterocycles. The molecule has 11 rings (SSSR count). The van der Waals surface area contributed by atoms with Crippen molar-refractivity contribution in [3.8, 4) is 33.4 Å². The molecule has 0 amide bonds. The summed E-state index contributed by atoms with van der Waals surface area (Å²) in [6, 6.07) is 66.5. The summed E-state index contributed by atoms with van der Waals surface area (Å²) in [6.45, 7) is 7.04. The Morgan fingerprint density at radius 3 is 1.71 bits per heavy atom. The maximum absolute atomic E-state index is 6.76. The summed E-state index contributed by atoms with van der Waals surface area (Å²) < 4.78 is 6.76. The molecule has 1 heterocycles. The quantitative estimate of drug-likeness (QED) is 0.177. The molecule has 0 saturated heterocycles. The van der Waals surface area contributed by atoms with Gasteiger partial charge in [0.05, 0.1) is 11.1 Å². The van der Waals surface area contributed by atoms with Crippen LogP contribution < -0.4 is 4.90 Å². The summed E-state index contributed by atoms with van der Waals surface area (Å²) >= 11 is 0. The monoisotopic (exact) mass is 705 g/mol. The number of rotatable bonds is 5. The Kier molecular flexibility index (Phi) is 6.76. The van der Waals surface area contributed by atoms with Gasteiger partial charge in [-0.3, -0.25) is 0 Å². The molecule has 0 spiro atoms. The van der Waals surface area contributed by atoms with Crippen LogP contribution >= 0.6 is 0 Å². The third-order valence-corrected chi connectivity index (χ3v) is 12.6. The second-order valence-electron chi connectivity index (χ2n) is 15.8. The maximum atomic E-state index is 6.76. The summed E-state index contributed by atoms with van der Waals surface area (Å²) in [5.74, 6) is 0. The normalized spacial score (nSPS) is 14.4. The number of furan rings is 1. The Balaban J connectivity index is 1.02. The first-order chi connectivity index (χ1) is 26.9. The SMILES string of the molecule is CC1(C)c2ccccc2-c2ccc(-c3ccc(N(c4ccccc4)c4cccc5oc6cc(C7(C)c8ccccc8-c8ccccc87)ccc6c45)cc3)cc21. The lowest BCUT2D eigenvalue weighted by atomic mass is 9.74. The number of nitrogens with zero attached hydrogens (tertiary/aromatic N) is 1. The summed E-state index contributed by atoms with van der Waals surface area (Å²) in [5, 5.41) is 2.21. The fourth-order valence-electron chi connectivity index (χ4n) is 9.76.